The Kier molecular flexibility index (Phi) is 11.6. The van der Waals surface area contributed by atoms with Crippen LogP contribution in [0.5, 0.6) is 0 Å². The first-order chi connectivity index (χ1) is 26.6. The molecule has 3 atom stereocenters. The summed E-state index contributed by atoms with van der Waals surface area (Å²) in [4.78, 5) is 59.7. The predicted molar refractivity (Wildman–Crippen MR) is 219 cm³/mol. The van der Waals surface area contributed by atoms with Crippen molar-refractivity contribution in [3.8, 4) is 22.8 Å². The Morgan fingerprint density at radius 2 is 1.21 bits per heavy atom. The van der Waals surface area contributed by atoms with Gasteiger partial charge in [0.1, 0.15) is 23.7 Å². The topological polar surface area (TPSA) is 184 Å². The number of amides is 2. The number of hydrogen-bond donors (Lipinski definition) is 6. The van der Waals surface area contributed by atoms with Crippen LogP contribution >= 0.6 is 0 Å². The third-order valence-electron chi connectivity index (χ3n) is 10.0. The molecule has 2 amide bonds. The van der Waals surface area contributed by atoms with Crippen molar-refractivity contribution in [2.45, 2.75) is 89.8 Å². The number of imidazole rings is 2. The molecule has 3 heterocycles. The van der Waals surface area contributed by atoms with Gasteiger partial charge in [0.05, 0.1) is 13.2 Å². The minimum atomic E-state index is -1.07. The van der Waals surface area contributed by atoms with Crippen molar-refractivity contribution < 1.29 is 19.1 Å². The normalized spacial score (nSPS) is 13.6. The second-order valence-electron chi connectivity index (χ2n) is 16.4. The van der Waals surface area contributed by atoms with E-state index in [0.29, 0.717) is 23.0 Å². The first kappa shape index (κ1) is 39.7. The molecule has 6 rings (SSSR count). The molecule has 0 spiro atoms. The summed E-state index contributed by atoms with van der Waals surface area (Å²) < 4.78 is 5.10. The van der Waals surface area contributed by atoms with Crippen LogP contribution in [0.2, 0.25) is 0 Å². The van der Waals surface area contributed by atoms with Crippen LogP contribution in [0.4, 0.5) is 0 Å². The van der Waals surface area contributed by atoms with Gasteiger partial charge in [0.25, 0.3) is 0 Å². The highest BCUT2D eigenvalue weighted by Crippen LogP contribution is 2.27. The van der Waals surface area contributed by atoms with E-state index in [2.05, 4.69) is 101 Å². The van der Waals surface area contributed by atoms with Gasteiger partial charge in [0, 0.05) is 71.3 Å². The average Bonchev–Trinajstić information content (AvgIpc) is 3.94. The Labute approximate surface area is 327 Å². The number of carbonyl (C=O) groups is 3. The van der Waals surface area contributed by atoms with Gasteiger partial charge < -0.3 is 36.1 Å². The maximum atomic E-state index is 14.1. The predicted octanol–water partition coefficient (Wildman–Crippen LogP) is 6.04. The van der Waals surface area contributed by atoms with E-state index in [1.165, 1.54) is 18.2 Å². The molecule has 56 heavy (non-hydrogen) atoms. The van der Waals surface area contributed by atoms with Crippen LogP contribution in [0.15, 0.2) is 91.4 Å². The lowest BCUT2D eigenvalue weighted by molar-refractivity contribution is -0.145. The van der Waals surface area contributed by atoms with Crippen molar-refractivity contribution in [2.24, 2.45) is 5.73 Å². The molecular weight excluding hydrogens is 705 g/mol. The number of nitrogens with two attached hydrogens (primary N) is 1. The molecule has 3 aromatic heterocycles. The van der Waals surface area contributed by atoms with Crippen molar-refractivity contribution in [1.82, 2.24) is 35.6 Å². The number of nitrogens with zero attached hydrogens (tertiary/aromatic N) is 2. The fourth-order valence-corrected chi connectivity index (χ4v) is 6.64. The molecule has 0 aliphatic carbocycles. The van der Waals surface area contributed by atoms with E-state index in [4.69, 9.17) is 10.5 Å². The smallest absolute Gasteiger partial charge is 0.328 e. The number of rotatable bonds is 13. The number of nitrogens with one attached hydrogen (secondary N) is 5. The maximum absolute atomic E-state index is 14.1. The van der Waals surface area contributed by atoms with Gasteiger partial charge in [-0.2, -0.15) is 0 Å². The summed E-state index contributed by atoms with van der Waals surface area (Å²) in [5.74, 6) is -0.425. The lowest BCUT2D eigenvalue weighted by atomic mass is 9.87. The molecular formula is C44H52N8O4. The van der Waals surface area contributed by atoms with Crippen molar-refractivity contribution in [3.05, 3.63) is 119 Å². The minimum absolute atomic E-state index is 0.0128. The highest BCUT2D eigenvalue weighted by Gasteiger charge is 2.30. The summed E-state index contributed by atoms with van der Waals surface area (Å²) >= 11 is 0. The molecule has 0 fully saturated rings. The number of H-pyrrole nitrogens is 3. The SMILES string of the molecule is COC(=O)[C@H](Cc1cnc(-c2ccc(C(C)(C)C)cc2)[nH]1)NC(=O)[C@H](Cc1c[nH]c2ccccc12)NC(=O)[C@@H](N)Cc1cnc(-c2ccc(C(C)(C)C)cc2)[nH]1. The van der Waals surface area contributed by atoms with Crippen LogP contribution in [0.1, 0.15) is 69.6 Å². The number of hydrogen-bond acceptors (Lipinski definition) is 7. The maximum Gasteiger partial charge on any atom is 0.328 e. The first-order valence-electron chi connectivity index (χ1n) is 18.9. The van der Waals surface area contributed by atoms with Crippen molar-refractivity contribution >= 4 is 28.7 Å². The first-order valence-corrected chi connectivity index (χ1v) is 18.9. The fourth-order valence-electron chi connectivity index (χ4n) is 6.64. The Balaban J connectivity index is 1.17. The van der Waals surface area contributed by atoms with E-state index >= 15 is 0 Å². The van der Waals surface area contributed by atoms with Gasteiger partial charge in [-0.15, -0.1) is 0 Å². The number of esters is 1. The van der Waals surface area contributed by atoms with Crippen molar-refractivity contribution in [1.29, 1.82) is 0 Å². The van der Waals surface area contributed by atoms with Crippen molar-refractivity contribution in [3.63, 3.8) is 0 Å². The highest BCUT2D eigenvalue weighted by molar-refractivity contribution is 5.93. The number of fused-ring (bicyclic) bond motifs is 1. The molecule has 0 radical (unpaired) electrons. The summed E-state index contributed by atoms with van der Waals surface area (Å²) in [6.07, 6.45) is 5.50. The van der Waals surface area contributed by atoms with Crippen LogP contribution in [0.25, 0.3) is 33.7 Å². The average molecular weight is 757 g/mol. The van der Waals surface area contributed by atoms with Crippen LogP contribution in [0, 0.1) is 0 Å². The van der Waals surface area contributed by atoms with E-state index in [1.54, 1.807) is 12.4 Å². The Hall–Kier alpha value is -6.01. The zero-order chi connectivity index (χ0) is 40.2. The molecule has 0 saturated carbocycles. The van der Waals surface area contributed by atoms with Gasteiger partial charge in [-0.1, -0.05) is 108 Å². The summed E-state index contributed by atoms with van der Waals surface area (Å²) in [5.41, 5.74) is 13.7. The zero-order valence-corrected chi connectivity index (χ0v) is 33.1. The molecule has 292 valence electrons. The van der Waals surface area contributed by atoms with E-state index in [9.17, 15) is 14.4 Å². The summed E-state index contributed by atoms with van der Waals surface area (Å²) in [5, 5.41) is 6.62. The number of carbonyl (C=O) groups excluding carboxylic acids is 3. The van der Waals surface area contributed by atoms with Crippen LogP contribution in [0.3, 0.4) is 0 Å². The number of methoxy groups -OCH3 is 1. The van der Waals surface area contributed by atoms with Crippen LogP contribution < -0.4 is 16.4 Å². The molecule has 7 N–H and O–H groups in total. The lowest BCUT2D eigenvalue weighted by Gasteiger charge is -2.23. The zero-order valence-electron chi connectivity index (χ0n) is 33.1. The monoisotopic (exact) mass is 756 g/mol. The number of aromatic amines is 3. The van der Waals surface area contributed by atoms with Crippen molar-refractivity contribution in [2.75, 3.05) is 7.11 Å². The molecule has 3 aromatic carbocycles. The summed E-state index contributed by atoms with van der Waals surface area (Å²) in [7, 11) is 1.27. The number of para-hydroxylation sites is 1. The lowest BCUT2D eigenvalue weighted by Crippen LogP contribution is -2.56. The van der Waals surface area contributed by atoms with E-state index < -0.39 is 35.9 Å². The van der Waals surface area contributed by atoms with Gasteiger partial charge in [0.2, 0.25) is 11.8 Å². The molecule has 12 heteroatoms. The molecule has 0 bridgehead atoms. The Morgan fingerprint density at radius 3 is 1.75 bits per heavy atom. The van der Waals surface area contributed by atoms with Gasteiger partial charge in [-0.25, -0.2) is 14.8 Å². The van der Waals surface area contributed by atoms with Gasteiger partial charge in [-0.05, 0) is 33.6 Å². The number of benzene rings is 3. The van der Waals surface area contributed by atoms with Crippen LogP contribution in [-0.4, -0.2) is 67.9 Å². The Bertz CT molecular complexity index is 2290. The summed E-state index contributed by atoms with van der Waals surface area (Å²) in [6.45, 7) is 13.0. The summed E-state index contributed by atoms with van der Waals surface area (Å²) in [6, 6.07) is 20.9. The quantitative estimate of drug-likeness (QED) is 0.0777. The van der Waals surface area contributed by atoms with E-state index in [0.717, 1.165) is 27.6 Å². The number of ether oxygens (including phenoxy) is 1. The minimum Gasteiger partial charge on any atom is -0.467 e. The molecule has 0 unspecified atom stereocenters. The molecule has 0 aliphatic rings. The highest BCUT2D eigenvalue weighted by atomic mass is 16.5. The van der Waals surface area contributed by atoms with E-state index in [-0.39, 0.29) is 30.1 Å². The van der Waals surface area contributed by atoms with Gasteiger partial charge >= 0.3 is 5.97 Å². The third-order valence-corrected chi connectivity index (χ3v) is 10.0. The second-order valence-corrected chi connectivity index (χ2v) is 16.4. The number of aromatic nitrogens is 5. The molecule has 0 saturated heterocycles. The molecule has 12 nitrogen and oxygen atoms in total. The fraction of sp³-hybridized carbons (Fsp3) is 0.341. The van der Waals surface area contributed by atoms with Gasteiger partial charge in [-0.3, -0.25) is 9.59 Å². The largest absolute Gasteiger partial charge is 0.467 e. The van der Waals surface area contributed by atoms with Gasteiger partial charge in [0.15, 0.2) is 0 Å². The molecule has 0 aliphatic heterocycles. The third kappa shape index (κ3) is 9.43. The van der Waals surface area contributed by atoms with Crippen LogP contribution in [-0.2, 0) is 49.2 Å². The van der Waals surface area contributed by atoms with E-state index in [1.807, 2.05) is 54.7 Å². The molecule has 6 aromatic rings. The standard InChI is InChI=1S/C44H52N8O4/c1-43(2,3)29-16-12-26(13-17-29)38-47-24-31(49-38)21-34(45)40(53)51-36(20-28-23-46-35-11-9-8-10-33(28)35)41(54)52-37(42(55)56-7)22-32-25-48-39(50-32)27-14-18-30(19-15-27)44(4,5)6/h8-19,23-25,34,36-37,46H,20-22,45H2,1-7H3,(H,47,49)(H,48,50)(H,51,53)(H,52,54)/t34-,36-,37-/m0/s1. The Morgan fingerprint density at radius 1 is 0.696 bits per heavy atom. The second kappa shape index (κ2) is 16.4.